The Balaban J connectivity index is 1.99. The molecule has 0 spiro atoms. The summed E-state index contributed by atoms with van der Waals surface area (Å²) in [7, 11) is 1.75. The van der Waals surface area contributed by atoms with E-state index in [0.717, 1.165) is 13.2 Å². The van der Waals surface area contributed by atoms with Crippen molar-refractivity contribution in [3.05, 3.63) is 36.0 Å². The number of benzene rings is 1. The number of H-pyrrole nitrogens is 1. The second-order valence-electron chi connectivity index (χ2n) is 5.09. The normalized spacial score (nSPS) is 13.3. The van der Waals surface area contributed by atoms with Gasteiger partial charge in [-0.3, -0.25) is 0 Å². The molecule has 3 heteroatoms. The SMILES string of the molecule is COCC(NCc1ccc2cc[nH]c2c1)C(C)C. The van der Waals surface area contributed by atoms with Gasteiger partial charge in [0.05, 0.1) is 6.61 Å². The van der Waals surface area contributed by atoms with Gasteiger partial charge in [-0.25, -0.2) is 0 Å². The molecule has 0 aliphatic carbocycles. The zero-order valence-electron chi connectivity index (χ0n) is 11.4. The van der Waals surface area contributed by atoms with Gasteiger partial charge in [0, 0.05) is 31.4 Å². The molecule has 1 heterocycles. The van der Waals surface area contributed by atoms with E-state index >= 15 is 0 Å². The highest BCUT2D eigenvalue weighted by atomic mass is 16.5. The molecular formula is C15H22N2O. The molecule has 0 radical (unpaired) electrons. The van der Waals surface area contributed by atoms with Crippen LogP contribution in [0.1, 0.15) is 19.4 Å². The van der Waals surface area contributed by atoms with Gasteiger partial charge in [-0.1, -0.05) is 26.0 Å². The lowest BCUT2D eigenvalue weighted by molar-refractivity contribution is 0.146. The van der Waals surface area contributed by atoms with Crippen LogP contribution in [-0.4, -0.2) is 24.7 Å². The summed E-state index contributed by atoms with van der Waals surface area (Å²) in [4.78, 5) is 3.24. The average Bonchev–Trinajstić information content (AvgIpc) is 2.81. The predicted molar refractivity (Wildman–Crippen MR) is 75.6 cm³/mol. The van der Waals surface area contributed by atoms with E-state index in [-0.39, 0.29) is 0 Å². The third kappa shape index (κ3) is 3.12. The van der Waals surface area contributed by atoms with Crippen LogP contribution in [-0.2, 0) is 11.3 Å². The fourth-order valence-electron chi connectivity index (χ4n) is 2.12. The van der Waals surface area contributed by atoms with Gasteiger partial charge in [0.15, 0.2) is 0 Å². The van der Waals surface area contributed by atoms with Crippen LogP contribution in [0.4, 0.5) is 0 Å². The van der Waals surface area contributed by atoms with Crippen molar-refractivity contribution >= 4 is 10.9 Å². The van der Waals surface area contributed by atoms with Gasteiger partial charge in [0.1, 0.15) is 0 Å². The van der Waals surface area contributed by atoms with Crippen molar-refractivity contribution in [3.8, 4) is 0 Å². The highest BCUT2D eigenvalue weighted by molar-refractivity contribution is 5.79. The van der Waals surface area contributed by atoms with Crippen LogP contribution >= 0.6 is 0 Å². The van der Waals surface area contributed by atoms with Crippen LogP contribution in [0.5, 0.6) is 0 Å². The van der Waals surface area contributed by atoms with Crippen LogP contribution in [0.25, 0.3) is 10.9 Å². The van der Waals surface area contributed by atoms with E-state index in [4.69, 9.17) is 4.74 Å². The molecule has 0 saturated heterocycles. The molecule has 2 N–H and O–H groups in total. The quantitative estimate of drug-likeness (QED) is 0.822. The number of nitrogens with one attached hydrogen (secondary N) is 2. The van der Waals surface area contributed by atoms with E-state index in [9.17, 15) is 0 Å². The van der Waals surface area contributed by atoms with Gasteiger partial charge in [-0.15, -0.1) is 0 Å². The Morgan fingerprint density at radius 3 is 2.83 bits per heavy atom. The minimum atomic E-state index is 0.398. The van der Waals surface area contributed by atoms with Crippen LogP contribution in [0.3, 0.4) is 0 Å². The lowest BCUT2D eigenvalue weighted by Crippen LogP contribution is -2.37. The number of hydrogen-bond acceptors (Lipinski definition) is 2. The van der Waals surface area contributed by atoms with Crippen LogP contribution in [0.15, 0.2) is 30.5 Å². The second-order valence-corrected chi connectivity index (χ2v) is 5.09. The Morgan fingerprint density at radius 1 is 1.28 bits per heavy atom. The van der Waals surface area contributed by atoms with Crippen LogP contribution in [0.2, 0.25) is 0 Å². The van der Waals surface area contributed by atoms with E-state index in [1.165, 1.54) is 16.5 Å². The average molecular weight is 246 g/mol. The molecular weight excluding hydrogens is 224 g/mol. The topological polar surface area (TPSA) is 37.0 Å². The first-order valence-corrected chi connectivity index (χ1v) is 6.49. The molecule has 0 saturated carbocycles. The molecule has 98 valence electrons. The zero-order valence-corrected chi connectivity index (χ0v) is 11.4. The molecule has 0 fully saturated rings. The summed E-state index contributed by atoms with van der Waals surface area (Å²) in [6, 6.07) is 9.02. The van der Waals surface area contributed by atoms with Gasteiger partial charge in [-0.05, 0) is 29.0 Å². The van der Waals surface area contributed by atoms with Crippen molar-refractivity contribution in [2.24, 2.45) is 5.92 Å². The minimum absolute atomic E-state index is 0.398. The summed E-state index contributed by atoms with van der Waals surface area (Å²) >= 11 is 0. The number of methoxy groups -OCH3 is 1. The summed E-state index contributed by atoms with van der Waals surface area (Å²) in [6.45, 7) is 6.05. The molecule has 1 atom stereocenters. The highest BCUT2D eigenvalue weighted by Gasteiger charge is 2.12. The number of ether oxygens (including phenoxy) is 1. The van der Waals surface area contributed by atoms with Crippen molar-refractivity contribution in [1.29, 1.82) is 0 Å². The van der Waals surface area contributed by atoms with Gasteiger partial charge in [0.2, 0.25) is 0 Å². The Morgan fingerprint density at radius 2 is 2.11 bits per heavy atom. The number of fused-ring (bicyclic) bond motifs is 1. The molecule has 2 rings (SSSR count). The predicted octanol–water partition coefficient (Wildman–Crippen LogP) is 2.93. The molecule has 1 aromatic heterocycles. The molecule has 1 unspecified atom stereocenters. The summed E-state index contributed by atoms with van der Waals surface area (Å²) in [5.41, 5.74) is 2.49. The summed E-state index contributed by atoms with van der Waals surface area (Å²) < 4.78 is 5.24. The van der Waals surface area contributed by atoms with Crippen molar-refractivity contribution < 1.29 is 4.74 Å². The van der Waals surface area contributed by atoms with Crippen LogP contribution in [0, 0.1) is 5.92 Å². The van der Waals surface area contributed by atoms with Crippen LogP contribution < -0.4 is 5.32 Å². The summed E-state index contributed by atoms with van der Waals surface area (Å²) in [5.74, 6) is 0.569. The number of aromatic nitrogens is 1. The molecule has 18 heavy (non-hydrogen) atoms. The highest BCUT2D eigenvalue weighted by Crippen LogP contribution is 2.14. The maximum Gasteiger partial charge on any atom is 0.0618 e. The van der Waals surface area contributed by atoms with E-state index in [1.54, 1.807) is 7.11 Å². The fraction of sp³-hybridized carbons (Fsp3) is 0.467. The second kappa shape index (κ2) is 6.03. The lowest BCUT2D eigenvalue weighted by atomic mass is 10.0. The standard InChI is InChI=1S/C15H22N2O/c1-11(2)15(10-18-3)17-9-12-4-5-13-6-7-16-14(13)8-12/h4-8,11,15-17H,9-10H2,1-3H3. The summed E-state index contributed by atoms with van der Waals surface area (Å²) in [5, 5.41) is 4.81. The fourth-order valence-corrected chi connectivity index (χ4v) is 2.12. The zero-order chi connectivity index (χ0) is 13.0. The molecule has 0 aliphatic heterocycles. The molecule has 1 aromatic carbocycles. The van der Waals surface area contributed by atoms with Gasteiger partial charge >= 0.3 is 0 Å². The Labute approximate surface area is 109 Å². The molecule has 2 aromatic rings. The summed E-state index contributed by atoms with van der Waals surface area (Å²) in [6.07, 6.45) is 1.98. The van der Waals surface area contributed by atoms with E-state index in [1.807, 2.05) is 6.20 Å². The maximum absolute atomic E-state index is 5.24. The number of aromatic amines is 1. The van der Waals surface area contributed by atoms with Crippen molar-refractivity contribution in [1.82, 2.24) is 10.3 Å². The van der Waals surface area contributed by atoms with Crippen molar-refractivity contribution in [3.63, 3.8) is 0 Å². The Bertz CT molecular complexity index is 490. The van der Waals surface area contributed by atoms with E-state index in [0.29, 0.717) is 12.0 Å². The lowest BCUT2D eigenvalue weighted by Gasteiger charge is -2.21. The Hall–Kier alpha value is -1.32. The first-order valence-electron chi connectivity index (χ1n) is 6.49. The van der Waals surface area contributed by atoms with E-state index in [2.05, 4.69) is 48.4 Å². The number of hydrogen-bond donors (Lipinski definition) is 2. The smallest absolute Gasteiger partial charge is 0.0618 e. The van der Waals surface area contributed by atoms with Gasteiger partial charge < -0.3 is 15.0 Å². The van der Waals surface area contributed by atoms with Gasteiger partial charge in [-0.2, -0.15) is 0 Å². The van der Waals surface area contributed by atoms with E-state index < -0.39 is 0 Å². The number of rotatable bonds is 6. The molecule has 0 amide bonds. The minimum Gasteiger partial charge on any atom is -0.383 e. The first-order chi connectivity index (χ1) is 8.70. The monoisotopic (exact) mass is 246 g/mol. The maximum atomic E-state index is 5.24. The molecule has 0 bridgehead atoms. The third-order valence-electron chi connectivity index (χ3n) is 3.34. The van der Waals surface area contributed by atoms with Crippen molar-refractivity contribution in [2.45, 2.75) is 26.4 Å². The van der Waals surface area contributed by atoms with Crippen molar-refractivity contribution in [2.75, 3.05) is 13.7 Å². The Kier molecular flexibility index (Phi) is 4.39. The first kappa shape index (κ1) is 13.1. The third-order valence-corrected chi connectivity index (χ3v) is 3.34. The largest absolute Gasteiger partial charge is 0.383 e. The molecule has 3 nitrogen and oxygen atoms in total. The van der Waals surface area contributed by atoms with Gasteiger partial charge in [0.25, 0.3) is 0 Å². The molecule has 0 aliphatic rings.